The summed E-state index contributed by atoms with van der Waals surface area (Å²) >= 11 is 3.41. The van der Waals surface area contributed by atoms with E-state index >= 15 is 0 Å². The highest BCUT2D eigenvalue weighted by Crippen LogP contribution is 2.25. The number of halogens is 1. The van der Waals surface area contributed by atoms with Gasteiger partial charge in [-0.3, -0.25) is 13.9 Å². The van der Waals surface area contributed by atoms with Crippen molar-refractivity contribution in [2.75, 3.05) is 30.7 Å². The highest BCUT2D eigenvalue weighted by molar-refractivity contribution is 9.10. The molecule has 7 nitrogen and oxygen atoms in total. The van der Waals surface area contributed by atoms with Crippen molar-refractivity contribution in [3.8, 4) is 0 Å². The van der Waals surface area contributed by atoms with E-state index in [1.165, 1.54) is 11.9 Å². The number of aryl methyl sites for hydroxylation is 1. The lowest BCUT2D eigenvalue weighted by atomic mass is 10.1. The smallest absolute Gasteiger partial charge is 0.244 e. The van der Waals surface area contributed by atoms with E-state index in [4.69, 9.17) is 0 Å². The Morgan fingerprint density at radius 1 is 1.12 bits per heavy atom. The number of amides is 2. The number of hydrogen-bond acceptors (Lipinski definition) is 4. The molecule has 1 unspecified atom stereocenters. The summed E-state index contributed by atoms with van der Waals surface area (Å²) in [6.07, 6.45) is 2.04. The molecule has 2 aromatic carbocycles. The van der Waals surface area contributed by atoms with Crippen LogP contribution in [0, 0.1) is 6.92 Å². The van der Waals surface area contributed by atoms with E-state index in [1.807, 2.05) is 44.2 Å². The van der Waals surface area contributed by atoms with Crippen LogP contribution in [0.2, 0.25) is 0 Å². The molecule has 0 saturated heterocycles. The molecule has 0 aromatic heterocycles. The maximum atomic E-state index is 13.4. The van der Waals surface area contributed by atoms with Gasteiger partial charge in [-0.15, -0.1) is 0 Å². The first kappa shape index (κ1) is 25.9. The van der Waals surface area contributed by atoms with Crippen molar-refractivity contribution >= 4 is 43.5 Å². The Balaban J connectivity index is 2.36. The minimum absolute atomic E-state index is 0.278. The second-order valence-corrected chi connectivity index (χ2v) is 10.3. The second-order valence-electron chi connectivity index (χ2n) is 7.56. The second kappa shape index (κ2) is 11.5. The van der Waals surface area contributed by atoms with E-state index in [-0.39, 0.29) is 12.5 Å². The van der Waals surface area contributed by atoms with Crippen LogP contribution in [0.25, 0.3) is 0 Å². The van der Waals surface area contributed by atoms with Gasteiger partial charge in [0.05, 0.1) is 11.9 Å². The van der Waals surface area contributed by atoms with Crippen LogP contribution in [0.3, 0.4) is 0 Å². The van der Waals surface area contributed by atoms with E-state index in [0.717, 1.165) is 26.2 Å². The number of nitrogens with zero attached hydrogens (tertiary/aromatic N) is 2. The number of likely N-dealkylation sites (N-methyl/N-ethyl adjacent to an activating group) is 1. The van der Waals surface area contributed by atoms with Gasteiger partial charge in [0.25, 0.3) is 0 Å². The van der Waals surface area contributed by atoms with Crippen molar-refractivity contribution in [1.29, 1.82) is 0 Å². The average Bonchev–Trinajstić information content (AvgIpc) is 2.76. The highest BCUT2D eigenvalue weighted by atomic mass is 79.9. The lowest BCUT2D eigenvalue weighted by Crippen LogP contribution is -2.52. The molecular weight excluding hydrogens is 494 g/mol. The zero-order valence-corrected chi connectivity index (χ0v) is 21.2. The van der Waals surface area contributed by atoms with Crippen molar-refractivity contribution in [1.82, 2.24) is 10.2 Å². The Hall–Kier alpha value is -2.39. The zero-order valence-electron chi connectivity index (χ0n) is 18.8. The van der Waals surface area contributed by atoms with Crippen LogP contribution >= 0.6 is 15.9 Å². The van der Waals surface area contributed by atoms with Gasteiger partial charge in [-0.1, -0.05) is 53.2 Å². The number of benzene rings is 2. The third-order valence-electron chi connectivity index (χ3n) is 5.23. The Morgan fingerprint density at radius 3 is 2.31 bits per heavy atom. The fourth-order valence-corrected chi connectivity index (χ4v) is 4.55. The third-order valence-corrected chi connectivity index (χ3v) is 7.26. The molecule has 32 heavy (non-hydrogen) atoms. The highest BCUT2D eigenvalue weighted by Gasteiger charge is 2.31. The number of carbonyl (C=O) groups excluding carboxylic acids is 2. The van der Waals surface area contributed by atoms with Gasteiger partial charge in [0, 0.05) is 18.1 Å². The number of carbonyl (C=O) groups is 2. The van der Waals surface area contributed by atoms with Gasteiger partial charge in [-0.05, 0) is 49.1 Å². The normalized spacial score (nSPS) is 12.2. The van der Waals surface area contributed by atoms with E-state index in [0.29, 0.717) is 25.1 Å². The van der Waals surface area contributed by atoms with Crippen LogP contribution in [-0.2, 0) is 26.0 Å². The maximum absolute atomic E-state index is 13.4. The topological polar surface area (TPSA) is 86.8 Å². The Labute approximate surface area is 199 Å². The minimum atomic E-state index is -3.73. The van der Waals surface area contributed by atoms with E-state index in [1.54, 1.807) is 18.2 Å². The van der Waals surface area contributed by atoms with Crippen LogP contribution in [-0.4, -0.2) is 57.6 Å². The summed E-state index contributed by atoms with van der Waals surface area (Å²) in [6, 6.07) is 14.1. The predicted octanol–water partition coefficient (Wildman–Crippen LogP) is 3.12. The molecule has 9 heteroatoms. The standard InChI is InChI=1S/C23H30BrN3O4S/c1-5-21(23(29)25-3)26(14-13-18-9-7-6-8-10-18)22(28)16-27(32(4,30)31)19-11-12-20(24)17(2)15-19/h6-12,15,21H,5,13-14,16H2,1-4H3,(H,25,29). The van der Waals surface area contributed by atoms with E-state index in [2.05, 4.69) is 21.2 Å². The largest absolute Gasteiger partial charge is 0.357 e. The Morgan fingerprint density at radius 2 is 1.78 bits per heavy atom. The summed E-state index contributed by atoms with van der Waals surface area (Å²) in [5, 5.41) is 2.61. The van der Waals surface area contributed by atoms with Crippen LogP contribution in [0.15, 0.2) is 53.0 Å². The average molecular weight is 524 g/mol. The molecule has 0 heterocycles. The van der Waals surface area contributed by atoms with Gasteiger partial charge in [0.15, 0.2) is 0 Å². The van der Waals surface area contributed by atoms with Gasteiger partial charge in [-0.25, -0.2) is 8.42 Å². The van der Waals surface area contributed by atoms with Crippen molar-refractivity contribution in [3.05, 3.63) is 64.1 Å². The number of hydrogen-bond donors (Lipinski definition) is 1. The molecule has 1 N–H and O–H groups in total. The molecule has 0 radical (unpaired) electrons. The Kier molecular flexibility index (Phi) is 9.27. The first-order valence-electron chi connectivity index (χ1n) is 10.4. The zero-order chi connectivity index (χ0) is 23.9. The molecule has 2 amide bonds. The van der Waals surface area contributed by atoms with Crippen LogP contribution in [0.1, 0.15) is 24.5 Å². The molecule has 2 rings (SSSR count). The number of nitrogens with one attached hydrogen (secondary N) is 1. The quantitative estimate of drug-likeness (QED) is 0.518. The molecule has 0 aliphatic carbocycles. The molecule has 0 fully saturated rings. The molecular formula is C23H30BrN3O4S. The van der Waals surface area contributed by atoms with Crippen molar-refractivity contribution in [2.45, 2.75) is 32.7 Å². The molecule has 0 saturated carbocycles. The van der Waals surface area contributed by atoms with Crippen LogP contribution < -0.4 is 9.62 Å². The van der Waals surface area contributed by atoms with Gasteiger partial charge >= 0.3 is 0 Å². The first-order chi connectivity index (χ1) is 15.1. The van der Waals surface area contributed by atoms with Crippen molar-refractivity contribution in [3.63, 3.8) is 0 Å². The van der Waals surface area contributed by atoms with Gasteiger partial charge in [0.2, 0.25) is 21.8 Å². The Bertz CT molecular complexity index is 1040. The number of sulfonamides is 1. The van der Waals surface area contributed by atoms with E-state index < -0.39 is 22.0 Å². The molecule has 174 valence electrons. The molecule has 0 aliphatic heterocycles. The third kappa shape index (κ3) is 6.80. The maximum Gasteiger partial charge on any atom is 0.244 e. The molecule has 0 bridgehead atoms. The van der Waals surface area contributed by atoms with Crippen molar-refractivity contribution < 1.29 is 18.0 Å². The summed E-state index contributed by atoms with van der Waals surface area (Å²) in [4.78, 5) is 27.4. The van der Waals surface area contributed by atoms with Gasteiger partial charge in [0.1, 0.15) is 12.6 Å². The molecule has 0 aliphatic rings. The minimum Gasteiger partial charge on any atom is -0.357 e. The fraction of sp³-hybridized carbons (Fsp3) is 0.391. The summed E-state index contributed by atoms with van der Waals surface area (Å²) < 4.78 is 27.0. The summed E-state index contributed by atoms with van der Waals surface area (Å²) in [5.74, 6) is -0.707. The van der Waals surface area contributed by atoms with Gasteiger partial charge in [-0.2, -0.15) is 0 Å². The van der Waals surface area contributed by atoms with Crippen LogP contribution in [0.5, 0.6) is 0 Å². The SMILES string of the molecule is CCC(C(=O)NC)N(CCc1ccccc1)C(=O)CN(c1ccc(Br)c(C)c1)S(C)(=O)=O. The van der Waals surface area contributed by atoms with Gasteiger partial charge < -0.3 is 10.2 Å². The lowest BCUT2D eigenvalue weighted by Gasteiger charge is -2.32. The first-order valence-corrected chi connectivity index (χ1v) is 13.0. The fourth-order valence-electron chi connectivity index (χ4n) is 3.46. The lowest BCUT2D eigenvalue weighted by molar-refractivity contribution is -0.139. The molecule has 1 atom stereocenters. The molecule has 2 aromatic rings. The predicted molar refractivity (Wildman–Crippen MR) is 131 cm³/mol. The van der Waals surface area contributed by atoms with Crippen LogP contribution in [0.4, 0.5) is 5.69 Å². The summed E-state index contributed by atoms with van der Waals surface area (Å²) in [6.45, 7) is 3.59. The summed E-state index contributed by atoms with van der Waals surface area (Å²) in [7, 11) is -2.21. The summed E-state index contributed by atoms with van der Waals surface area (Å²) in [5.41, 5.74) is 2.28. The van der Waals surface area contributed by atoms with Crippen molar-refractivity contribution in [2.24, 2.45) is 0 Å². The number of anilines is 1. The monoisotopic (exact) mass is 523 g/mol. The number of rotatable bonds is 10. The molecule has 0 spiro atoms. The van der Waals surface area contributed by atoms with E-state index in [9.17, 15) is 18.0 Å².